The normalized spacial score (nSPS) is 12.5. The van der Waals surface area contributed by atoms with E-state index in [9.17, 15) is 4.79 Å². The Morgan fingerprint density at radius 2 is 2.29 bits per heavy atom. The lowest BCUT2D eigenvalue weighted by molar-refractivity contribution is -0.120. The summed E-state index contributed by atoms with van der Waals surface area (Å²) < 4.78 is 5.39. The number of furan rings is 1. The summed E-state index contributed by atoms with van der Waals surface area (Å²) in [5, 5.41) is 5.60. The fourth-order valence-electron chi connectivity index (χ4n) is 1.21. The molecule has 14 heavy (non-hydrogen) atoms. The van der Waals surface area contributed by atoms with E-state index in [1.54, 1.807) is 7.05 Å². The highest BCUT2D eigenvalue weighted by Crippen LogP contribution is 2.14. The van der Waals surface area contributed by atoms with Crippen LogP contribution in [0.1, 0.15) is 24.5 Å². The SMILES string of the molecule is CNCC(=O)NC(C)c1ccc(C)o1. The van der Waals surface area contributed by atoms with E-state index in [-0.39, 0.29) is 11.9 Å². The van der Waals surface area contributed by atoms with Crippen molar-refractivity contribution in [1.82, 2.24) is 10.6 Å². The van der Waals surface area contributed by atoms with Crippen LogP contribution < -0.4 is 10.6 Å². The van der Waals surface area contributed by atoms with Crippen LogP contribution >= 0.6 is 0 Å². The number of rotatable bonds is 4. The first-order valence-electron chi connectivity index (χ1n) is 4.63. The lowest BCUT2D eigenvalue weighted by atomic mass is 10.2. The Morgan fingerprint density at radius 3 is 2.79 bits per heavy atom. The van der Waals surface area contributed by atoms with Gasteiger partial charge in [-0.1, -0.05) is 0 Å². The van der Waals surface area contributed by atoms with E-state index in [0.29, 0.717) is 6.54 Å². The zero-order valence-corrected chi connectivity index (χ0v) is 8.76. The summed E-state index contributed by atoms with van der Waals surface area (Å²) in [6.07, 6.45) is 0. The molecule has 1 unspecified atom stereocenters. The third-order valence-electron chi connectivity index (χ3n) is 1.90. The van der Waals surface area contributed by atoms with Gasteiger partial charge in [-0.05, 0) is 33.0 Å². The maximum atomic E-state index is 11.2. The van der Waals surface area contributed by atoms with Crippen LogP contribution in [0.5, 0.6) is 0 Å². The Kier molecular flexibility index (Phi) is 3.71. The van der Waals surface area contributed by atoms with Gasteiger partial charge in [0.05, 0.1) is 12.6 Å². The predicted molar refractivity (Wildman–Crippen MR) is 53.9 cm³/mol. The van der Waals surface area contributed by atoms with Crippen molar-refractivity contribution in [3.8, 4) is 0 Å². The van der Waals surface area contributed by atoms with Gasteiger partial charge in [0.25, 0.3) is 0 Å². The summed E-state index contributed by atoms with van der Waals surface area (Å²) in [5.74, 6) is 1.61. The molecular weight excluding hydrogens is 180 g/mol. The molecule has 1 amide bonds. The van der Waals surface area contributed by atoms with E-state index in [1.165, 1.54) is 0 Å². The lowest BCUT2D eigenvalue weighted by Gasteiger charge is -2.10. The molecule has 2 N–H and O–H groups in total. The second kappa shape index (κ2) is 4.81. The second-order valence-electron chi connectivity index (χ2n) is 3.27. The number of amides is 1. The largest absolute Gasteiger partial charge is 0.464 e. The lowest BCUT2D eigenvalue weighted by Crippen LogP contribution is -2.33. The molecule has 0 saturated heterocycles. The second-order valence-corrected chi connectivity index (χ2v) is 3.27. The molecule has 0 fully saturated rings. The minimum atomic E-state index is -0.0791. The van der Waals surface area contributed by atoms with Crippen molar-refractivity contribution in [3.05, 3.63) is 23.7 Å². The zero-order chi connectivity index (χ0) is 10.6. The number of carbonyl (C=O) groups is 1. The van der Waals surface area contributed by atoms with Crippen LogP contribution in [0.4, 0.5) is 0 Å². The molecule has 0 saturated carbocycles. The summed E-state index contributed by atoms with van der Waals surface area (Å²) in [7, 11) is 1.74. The summed E-state index contributed by atoms with van der Waals surface area (Å²) >= 11 is 0. The number of nitrogens with one attached hydrogen (secondary N) is 2. The third-order valence-corrected chi connectivity index (χ3v) is 1.90. The Balaban J connectivity index is 2.50. The summed E-state index contributed by atoms with van der Waals surface area (Å²) in [5.41, 5.74) is 0. The number of aryl methyl sites for hydroxylation is 1. The van der Waals surface area contributed by atoms with E-state index in [0.717, 1.165) is 11.5 Å². The van der Waals surface area contributed by atoms with E-state index in [2.05, 4.69) is 10.6 Å². The van der Waals surface area contributed by atoms with Crippen LogP contribution in [0.3, 0.4) is 0 Å². The van der Waals surface area contributed by atoms with Crippen LogP contribution in [0.2, 0.25) is 0 Å². The van der Waals surface area contributed by atoms with Crippen molar-refractivity contribution >= 4 is 5.91 Å². The van der Waals surface area contributed by atoms with Gasteiger partial charge in [-0.2, -0.15) is 0 Å². The molecular formula is C10H16N2O2. The third kappa shape index (κ3) is 2.88. The molecule has 0 bridgehead atoms. The van der Waals surface area contributed by atoms with Crippen molar-refractivity contribution in [3.63, 3.8) is 0 Å². The number of hydrogen-bond donors (Lipinski definition) is 2. The molecule has 0 spiro atoms. The van der Waals surface area contributed by atoms with Gasteiger partial charge in [0.15, 0.2) is 0 Å². The Bertz CT molecular complexity index is 307. The van der Waals surface area contributed by atoms with E-state index >= 15 is 0 Å². The van der Waals surface area contributed by atoms with Crippen molar-refractivity contribution in [2.45, 2.75) is 19.9 Å². The van der Waals surface area contributed by atoms with Gasteiger partial charge in [0, 0.05) is 0 Å². The summed E-state index contributed by atoms with van der Waals surface area (Å²) in [6, 6.07) is 3.68. The van der Waals surface area contributed by atoms with E-state index in [1.807, 2.05) is 26.0 Å². The van der Waals surface area contributed by atoms with Gasteiger partial charge in [-0.25, -0.2) is 0 Å². The Labute approximate surface area is 83.7 Å². The van der Waals surface area contributed by atoms with Gasteiger partial charge in [0.2, 0.25) is 5.91 Å². The fraction of sp³-hybridized carbons (Fsp3) is 0.500. The van der Waals surface area contributed by atoms with Crippen molar-refractivity contribution in [2.24, 2.45) is 0 Å². The molecule has 1 rings (SSSR count). The minimum Gasteiger partial charge on any atom is -0.464 e. The smallest absolute Gasteiger partial charge is 0.234 e. The molecule has 0 aliphatic carbocycles. The summed E-state index contributed by atoms with van der Waals surface area (Å²) in [6.45, 7) is 4.10. The maximum absolute atomic E-state index is 11.2. The molecule has 0 aliphatic heterocycles. The highest BCUT2D eigenvalue weighted by molar-refractivity contribution is 5.78. The standard InChI is InChI=1S/C10H16N2O2/c1-7-4-5-9(14-7)8(2)12-10(13)6-11-3/h4-5,8,11H,6H2,1-3H3,(H,12,13). The molecule has 0 aliphatic rings. The molecule has 4 heteroatoms. The molecule has 0 radical (unpaired) electrons. The molecule has 0 aromatic carbocycles. The van der Waals surface area contributed by atoms with Gasteiger partial charge >= 0.3 is 0 Å². The molecule has 1 atom stereocenters. The highest BCUT2D eigenvalue weighted by Gasteiger charge is 2.11. The molecule has 1 heterocycles. The van der Waals surface area contributed by atoms with Crippen molar-refractivity contribution in [2.75, 3.05) is 13.6 Å². The fourth-order valence-corrected chi connectivity index (χ4v) is 1.21. The molecule has 4 nitrogen and oxygen atoms in total. The number of hydrogen-bond acceptors (Lipinski definition) is 3. The van der Waals surface area contributed by atoms with Gasteiger partial charge < -0.3 is 15.1 Å². The van der Waals surface area contributed by atoms with E-state index in [4.69, 9.17) is 4.42 Å². The van der Waals surface area contributed by atoms with Crippen molar-refractivity contribution < 1.29 is 9.21 Å². The van der Waals surface area contributed by atoms with Gasteiger partial charge in [-0.15, -0.1) is 0 Å². The first-order chi connectivity index (χ1) is 6.63. The maximum Gasteiger partial charge on any atom is 0.234 e. The Hall–Kier alpha value is -1.29. The van der Waals surface area contributed by atoms with Crippen molar-refractivity contribution in [1.29, 1.82) is 0 Å². The molecule has 1 aromatic heterocycles. The molecule has 1 aromatic rings. The monoisotopic (exact) mass is 196 g/mol. The average molecular weight is 196 g/mol. The minimum absolute atomic E-state index is 0.0333. The van der Waals surface area contributed by atoms with Gasteiger partial charge in [-0.3, -0.25) is 4.79 Å². The summed E-state index contributed by atoms with van der Waals surface area (Å²) in [4.78, 5) is 11.2. The van der Waals surface area contributed by atoms with Gasteiger partial charge in [0.1, 0.15) is 11.5 Å². The number of carbonyl (C=O) groups excluding carboxylic acids is 1. The van der Waals surface area contributed by atoms with Crippen LogP contribution in [-0.2, 0) is 4.79 Å². The average Bonchev–Trinajstić information content (AvgIpc) is 2.52. The van der Waals surface area contributed by atoms with Crippen LogP contribution in [-0.4, -0.2) is 19.5 Å². The predicted octanol–water partition coefficient (Wildman–Crippen LogP) is 0.985. The first-order valence-corrected chi connectivity index (χ1v) is 4.63. The van der Waals surface area contributed by atoms with E-state index < -0.39 is 0 Å². The van der Waals surface area contributed by atoms with Crippen LogP contribution in [0, 0.1) is 6.92 Å². The van der Waals surface area contributed by atoms with Crippen LogP contribution in [0.25, 0.3) is 0 Å². The first kappa shape index (κ1) is 10.8. The Morgan fingerprint density at radius 1 is 1.57 bits per heavy atom. The quantitative estimate of drug-likeness (QED) is 0.755. The zero-order valence-electron chi connectivity index (χ0n) is 8.76. The molecule has 78 valence electrons. The topological polar surface area (TPSA) is 54.3 Å². The number of likely N-dealkylation sites (N-methyl/N-ethyl adjacent to an activating group) is 1. The van der Waals surface area contributed by atoms with Crippen LogP contribution in [0.15, 0.2) is 16.5 Å². The highest BCUT2D eigenvalue weighted by atomic mass is 16.3.